The molecule has 0 fully saturated rings. The van der Waals surface area contributed by atoms with Gasteiger partial charge in [0.25, 0.3) is 10.0 Å². The van der Waals surface area contributed by atoms with Gasteiger partial charge in [-0.05, 0) is 48.9 Å². The first kappa shape index (κ1) is 15.3. The number of nitrogens with one attached hydrogen (secondary N) is 1. The number of anilines is 1. The molecule has 4 nitrogen and oxygen atoms in total. The predicted molar refractivity (Wildman–Crippen MR) is 91.3 cm³/mol. The van der Waals surface area contributed by atoms with Crippen molar-refractivity contribution in [3.63, 3.8) is 0 Å². The molecule has 0 radical (unpaired) electrons. The fourth-order valence-corrected chi connectivity index (χ4v) is 4.14. The van der Waals surface area contributed by atoms with Crippen molar-refractivity contribution in [2.45, 2.75) is 18.2 Å². The number of nitrogens with zero attached hydrogens (tertiary/aromatic N) is 1. The molecular weight excluding hydrogens is 340 g/mol. The molecule has 0 saturated carbocycles. The van der Waals surface area contributed by atoms with Crippen LogP contribution in [0.4, 0.5) is 5.69 Å². The van der Waals surface area contributed by atoms with E-state index >= 15 is 0 Å². The van der Waals surface area contributed by atoms with E-state index < -0.39 is 10.0 Å². The fourth-order valence-electron chi connectivity index (χ4n) is 2.01. The zero-order valence-corrected chi connectivity index (χ0v) is 14.1. The Bertz CT molecular complexity index is 918. The molecule has 0 amide bonds. The molecule has 114 valence electrons. The van der Waals surface area contributed by atoms with Gasteiger partial charge in [0.1, 0.15) is 0 Å². The molecule has 0 saturated heterocycles. The van der Waals surface area contributed by atoms with Crippen molar-refractivity contribution in [3.8, 4) is 0 Å². The Morgan fingerprint density at radius 2 is 1.91 bits per heavy atom. The third kappa shape index (κ3) is 3.09. The molecule has 3 rings (SSSR count). The number of aryl methyl sites for hydroxylation is 1. The van der Waals surface area contributed by atoms with Crippen LogP contribution >= 0.6 is 22.9 Å². The van der Waals surface area contributed by atoms with E-state index in [1.807, 2.05) is 13.0 Å². The van der Waals surface area contributed by atoms with Gasteiger partial charge in [-0.1, -0.05) is 18.5 Å². The van der Waals surface area contributed by atoms with Crippen molar-refractivity contribution in [2.24, 2.45) is 0 Å². The van der Waals surface area contributed by atoms with Gasteiger partial charge in [-0.15, -0.1) is 11.3 Å². The summed E-state index contributed by atoms with van der Waals surface area (Å²) in [5.74, 6) is 0. The van der Waals surface area contributed by atoms with Crippen LogP contribution < -0.4 is 4.72 Å². The van der Waals surface area contributed by atoms with Crippen molar-refractivity contribution in [2.75, 3.05) is 4.72 Å². The van der Waals surface area contributed by atoms with Crippen molar-refractivity contribution < 1.29 is 8.42 Å². The minimum absolute atomic E-state index is 0.176. The van der Waals surface area contributed by atoms with Crippen LogP contribution in [-0.4, -0.2) is 13.4 Å². The van der Waals surface area contributed by atoms with Crippen LogP contribution in [0.15, 0.2) is 47.4 Å². The van der Waals surface area contributed by atoms with Crippen LogP contribution in [0.25, 0.3) is 10.2 Å². The molecule has 0 aliphatic carbocycles. The predicted octanol–water partition coefficient (Wildman–Crippen LogP) is 4.31. The van der Waals surface area contributed by atoms with Crippen LogP contribution in [0.2, 0.25) is 5.02 Å². The number of hydrogen-bond donors (Lipinski definition) is 1. The van der Waals surface area contributed by atoms with E-state index in [-0.39, 0.29) is 4.90 Å². The van der Waals surface area contributed by atoms with Crippen LogP contribution in [0.3, 0.4) is 0 Å². The smallest absolute Gasteiger partial charge is 0.261 e. The highest BCUT2D eigenvalue weighted by Crippen LogP contribution is 2.27. The highest BCUT2D eigenvalue weighted by atomic mass is 35.5. The summed E-state index contributed by atoms with van der Waals surface area (Å²) >= 11 is 7.35. The summed E-state index contributed by atoms with van der Waals surface area (Å²) in [6.45, 7) is 2.04. The molecule has 0 aliphatic rings. The minimum Gasteiger partial charge on any atom is -0.280 e. The van der Waals surface area contributed by atoms with E-state index in [1.165, 1.54) is 12.1 Å². The Kier molecular flexibility index (Phi) is 4.08. The lowest BCUT2D eigenvalue weighted by Crippen LogP contribution is -2.12. The van der Waals surface area contributed by atoms with Gasteiger partial charge in [-0.2, -0.15) is 0 Å². The number of benzene rings is 2. The normalized spacial score (nSPS) is 11.7. The number of rotatable bonds is 4. The molecule has 1 heterocycles. The second-order valence-electron chi connectivity index (χ2n) is 4.70. The Hall–Kier alpha value is -1.63. The third-order valence-corrected chi connectivity index (χ3v) is 5.92. The summed E-state index contributed by atoms with van der Waals surface area (Å²) in [5, 5.41) is 1.53. The van der Waals surface area contributed by atoms with Gasteiger partial charge in [-0.25, -0.2) is 13.4 Å². The summed E-state index contributed by atoms with van der Waals surface area (Å²) in [4.78, 5) is 4.64. The second-order valence-corrected chi connectivity index (χ2v) is 7.94. The molecule has 2 aromatic carbocycles. The van der Waals surface area contributed by atoms with Crippen molar-refractivity contribution >= 4 is 48.9 Å². The van der Waals surface area contributed by atoms with Gasteiger partial charge in [0, 0.05) is 5.02 Å². The topological polar surface area (TPSA) is 59.1 Å². The van der Waals surface area contributed by atoms with Gasteiger partial charge in [0.05, 0.1) is 25.8 Å². The number of halogens is 1. The average Bonchev–Trinajstić information content (AvgIpc) is 2.89. The Morgan fingerprint density at radius 1 is 1.18 bits per heavy atom. The number of sulfonamides is 1. The Labute approximate surface area is 137 Å². The lowest BCUT2D eigenvalue weighted by molar-refractivity contribution is 0.601. The van der Waals surface area contributed by atoms with Crippen LogP contribution in [0.5, 0.6) is 0 Å². The molecule has 3 aromatic rings. The molecule has 0 aliphatic heterocycles. The van der Waals surface area contributed by atoms with Gasteiger partial charge in [-0.3, -0.25) is 4.72 Å². The quantitative estimate of drug-likeness (QED) is 0.761. The molecule has 7 heteroatoms. The van der Waals surface area contributed by atoms with Gasteiger partial charge >= 0.3 is 0 Å². The van der Waals surface area contributed by atoms with E-state index in [4.69, 9.17) is 11.6 Å². The number of thiazole rings is 1. The van der Waals surface area contributed by atoms with Crippen LogP contribution in [0, 0.1) is 0 Å². The van der Waals surface area contributed by atoms with Gasteiger partial charge in [0.2, 0.25) is 0 Å². The largest absolute Gasteiger partial charge is 0.280 e. The Balaban J connectivity index is 1.92. The molecule has 0 atom stereocenters. The molecular formula is C15H13ClN2O2S2. The molecule has 0 unspecified atom stereocenters. The lowest BCUT2D eigenvalue weighted by atomic mass is 10.3. The zero-order valence-electron chi connectivity index (χ0n) is 11.7. The summed E-state index contributed by atoms with van der Waals surface area (Å²) < 4.78 is 28.2. The van der Waals surface area contributed by atoms with Gasteiger partial charge < -0.3 is 0 Å². The summed E-state index contributed by atoms with van der Waals surface area (Å²) in [6.07, 6.45) is 0.866. The SMILES string of the molecule is CCc1nc2ccc(NS(=O)(=O)c3ccc(Cl)cc3)cc2s1. The monoisotopic (exact) mass is 352 g/mol. The molecule has 1 aromatic heterocycles. The van der Waals surface area contributed by atoms with Gasteiger partial charge in [0.15, 0.2) is 0 Å². The van der Waals surface area contributed by atoms with E-state index in [1.54, 1.807) is 35.6 Å². The summed E-state index contributed by atoms with van der Waals surface area (Å²) in [6, 6.07) is 11.4. The third-order valence-electron chi connectivity index (χ3n) is 3.11. The lowest BCUT2D eigenvalue weighted by Gasteiger charge is -2.08. The number of fused-ring (bicyclic) bond motifs is 1. The molecule has 0 spiro atoms. The first-order valence-corrected chi connectivity index (χ1v) is 9.33. The van der Waals surface area contributed by atoms with Crippen LogP contribution in [0.1, 0.15) is 11.9 Å². The second kappa shape index (κ2) is 5.87. The summed E-state index contributed by atoms with van der Waals surface area (Å²) in [7, 11) is -3.62. The average molecular weight is 353 g/mol. The van der Waals surface area contributed by atoms with E-state index in [9.17, 15) is 8.42 Å². The maximum absolute atomic E-state index is 12.3. The van der Waals surface area contributed by atoms with Crippen molar-refractivity contribution in [1.82, 2.24) is 4.98 Å². The highest BCUT2D eigenvalue weighted by Gasteiger charge is 2.14. The zero-order chi connectivity index (χ0) is 15.7. The number of hydrogen-bond acceptors (Lipinski definition) is 4. The standard InChI is InChI=1S/C15H13ClN2O2S2/c1-2-15-17-13-8-5-11(9-14(13)21-15)18-22(19,20)12-6-3-10(16)4-7-12/h3-9,18H,2H2,1H3. The van der Waals surface area contributed by atoms with E-state index in [0.717, 1.165) is 21.6 Å². The fraction of sp³-hybridized carbons (Fsp3) is 0.133. The van der Waals surface area contributed by atoms with E-state index in [2.05, 4.69) is 9.71 Å². The maximum Gasteiger partial charge on any atom is 0.261 e. The summed E-state index contributed by atoms with van der Waals surface area (Å²) in [5.41, 5.74) is 1.41. The molecule has 22 heavy (non-hydrogen) atoms. The molecule has 1 N–H and O–H groups in total. The van der Waals surface area contributed by atoms with Crippen LogP contribution in [-0.2, 0) is 16.4 Å². The first-order valence-electron chi connectivity index (χ1n) is 6.66. The van der Waals surface area contributed by atoms with Crippen molar-refractivity contribution in [3.05, 3.63) is 52.5 Å². The molecule has 0 bridgehead atoms. The number of aromatic nitrogens is 1. The highest BCUT2D eigenvalue weighted by molar-refractivity contribution is 7.92. The first-order chi connectivity index (χ1) is 10.5. The maximum atomic E-state index is 12.3. The van der Waals surface area contributed by atoms with Crippen molar-refractivity contribution in [1.29, 1.82) is 0 Å². The van der Waals surface area contributed by atoms with E-state index in [0.29, 0.717) is 10.7 Å². The Morgan fingerprint density at radius 3 is 2.59 bits per heavy atom. The minimum atomic E-state index is -3.62.